The van der Waals surface area contributed by atoms with E-state index < -0.39 is 5.97 Å². The summed E-state index contributed by atoms with van der Waals surface area (Å²) in [6.07, 6.45) is 3.97. The molecule has 0 spiro atoms. The average Bonchev–Trinajstić information content (AvgIpc) is 2.72. The highest BCUT2D eigenvalue weighted by Crippen LogP contribution is 2.10. The SMILES string of the molecule is CCOC(=O)c1cn2cccc(C=O)c2n1. The third kappa shape index (κ3) is 1.67. The van der Waals surface area contributed by atoms with Crippen molar-refractivity contribution in [3.63, 3.8) is 0 Å². The summed E-state index contributed by atoms with van der Waals surface area (Å²) in [4.78, 5) is 26.2. The van der Waals surface area contributed by atoms with Crippen LogP contribution in [0, 0.1) is 0 Å². The fourth-order valence-electron chi connectivity index (χ4n) is 1.43. The molecule has 82 valence electrons. The molecule has 0 unspecified atom stereocenters. The molecule has 0 saturated heterocycles. The topological polar surface area (TPSA) is 60.7 Å². The first kappa shape index (κ1) is 10.4. The molecule has 2 rings (SSSR count). The number of ether oxygens (including phenoxy) is 1. The van der Waals surface area contributed by atoms with Gasteiger partial charge in [-0.15, -0.1) is 0 Å². The van der Waals surface area contributed by atoms with Gasteiger partial charge in [0.05, 0.1) is 12.2 Å². The second-order valence-corrected chi connectivity index (χ2v) is 3.16. The summed E-state index contributed by atoms with van der Waals surface area (Å²) < 4.78 is 6.45. The third-order valence-corrected chi connectivity index (χ3v) is 2.12. The molecule has 2 aromatic heterocycles. The Hall–Kier alpha value is -2.17. The fraction of sp³-hybridized carbons (Fsp3) is 0.182. The van der Waals surface area contributed by atoms with Gasteiger partial charge in [0.1, 0.15) is 5.65 Å². The maximum Gasteiger partial charge on any atom is 0.358 e. The molecule has 16 heavy (non-hydrogen) atoms. The molecule has 0 amide bonds. The van der Waals surface area contributed by atoms with Crippen molar-refractivity contribution < 1.29 is 14.3 Å². The zero-order valence-corrected chi connectivity index (χ0v) is 8.71. The van der Waals surface area contributed by atoms with E-state index in [9.17, 15) is 9.59 Å². The zero-order valence-electron chi connectivity index (χ0n) is 8.71. The van der Waals surface area contributed by atoms with Crippen LogP contribution in [0.15, 0.2) is 24.5 Å². The van der Waals surface area contributed by atoms with Crippen LogP contribution in [-0.2, 0) is 4.74 Å². The number of esters is 1. The highest BCUT2D eigenvalue weighted by Gasteiger charge is 2.12. The van der Waals surface area contributed by atoms with Crippen LogP contribution in [0.5, 0.6) is 0 Å². The maximum absolute atomic E-state index is 11.4. The first-order valence-electron chi connectivity index (χ1n) is 4.86. The van der Waals surface area contributed by atoms with Crippen molar-refractivity contribution in [1.29, 1.82) is 0 Å². The average molecular weight is 218 g/mol. The van der Waals surface area contributed by atoms with Gasteiger partial charge in [-0.05, 0) is 19.1 Å². The van der Waals surface area contributed by atoms with Crippen LogP contribution >= 0.6 is 0 Å². The van der Waals surface area contributed by atoms with Crippen molar-refractivity contribution in [2.24, 2.45) is 0 Å². The molecule has 2 heterocycles. The first-order valence-corrected chi connectivity index (χ1v) is 4.86. The molecule has 0 bridgehead atoms. The Morgan fingerprint density at radius 3 is 3.12 bits per heavy atom. The van der Waals surface area contributed by atoms with E-state index >= 15 is 0 Å². The minimum absolute atomic E-state index is 0.205. The number of pyridine rings is 1. The Balaban J connectivity index is 2.51. The first-order chi connectivity index (χ1) is 7.76. The van der Waals surface area contributed by atoms with Gasteiger partial charge in [0.2, 0.25) is 0 Å². The largest absolute Gasteiger partial charge is 0.461 e. The lowest BCUT2D eigenvalue weighted by Gasteiger charge is -1.95. The fourth-order valence-corrected chi connectivity index (χ4v) is 1.43. The number of fused-ring (bicyclic) bond motifs is 1. The number of hydrogen-bond acceptors (Lipinski definition) is 4. The summed E-state index contributed by atoms with van der Waals surface area (Å²) in [5.74, 6) is -0.483. The van der Waals surface area contributed by atoms with Crippen LogP contribution < -0.4 is 0 Å². The predicted octanol–water partition coefficient (Wildman–Crippen LogP) is 1.32. The van der Waals surface area contributed by atoms with Gasteiger partial charge >= 0.3 is 5.97 Å². The minimum Gasteiger partial charge on any atom is -0.461 e. The van der Waals surface area contributed by atoms with Crippen molar-refractivity contribution in [3.8, 4) is 0 Å². The molecule has 0 aliphatic heterocycles. The Morgan fingerprint density at radius 2 is 2.44 bits per heavy atom. The number of hydrogen-bond donors (Lipinski definition) is 0. The van der Waals surface area contributed by atoms with Gasteiger partial charge in [0.15, 0.2) is 12.0 Å². The summed E-state index contributed by atoms with van der Waals surface area (Å²) in [6, 6.07) is 3.36. The van der Waals surface area contributed by atoms with Crippen LogP contribution in [0.25, 0.3) is 5.65 Å². The molecule has 0 radical (unpaired) electrons. The van der Waals surface area contributed by atoms with Crippen LogP contribution in [0.2, 0.25) is 0 Å². The van der Waals surface area contributed by atoms with Gasteiger partial charge in [-0.2, -0.15) is 0 Å². The summed E-state index contributed by atoms with van der Waals surface area (Å²) in [6.45, 7) is 2.03. The maximum atomic E-state index is 11.4. The van der Waals surface area contributed by atoms with Gasteiger partial charge < -0.3 is 9.14 Å². The number of rotatable bonds is 3. The van der Waals surface area contributed by atoms with Crippen LogP contribution in [-0.4, -0.2) is 28.2 Å². The lowest BCUT2D eigenvalue weighted by atomic mass is 10.3. The summed E-state index contributed by atoms with van der Waals surface area (Å²) in [7, 11) is 0. The Labute approximate surface area is 91.7 Å². The van der Waals surface area contributed by atoms with E-state index in [1.165, 1.54) is 0 Å². The van der Waals surface area contributed by atoms with Gasteiger partial charge in [0.25, 0.3) is 0 Å². The van der Waals surface area contributed by atoms with Crippen LogP contribution in [0.3, 0.4) is 0 Å². The lowest BCUT2D eigenvalue weighted by Crippen LogP contribution is -2.04. The number of imidazole rings is 1. The molecule has 0 atom stereocenters. The van der Waals surface area contributed by atoms with Crippen molar-refractivity contribution >= 4 is 17.9 Å². The van der Waals surface area contributed by atoms with Gasteiger partial charge in [-0.1, -0.05) is 0 Å². The van der Waals surface area contributed by atoms with E-state index in [4.69, 9.17) is 4.74 Å². The normalized spacial score (nSPS) is 10.3. The van der Waals surface area contributed by atoms with E-state index in [-0.39, 0.29) is 5.69 Å². The van der Waals surface area contributed by atoms with Crippen LogP contribution in [0.4, 0.5) is 0 Å². The second kappa shape index (κ2) is 4.14. The highest BCUT2D eigenvalue weighted by molar-refractivity contribution is 5.90. The number of nitrogens with zero attached hydrogens (tertiary/aromatic N) is 2. The number of aromatic nitrogens is 2. The molecule has 0 N–H and O–H groups in total. The van der Waals surface area contributed by atoms with E-state index in [2.05, 4.69) is 4.98 Å². The summed E-state index contributed by atoms with van der Waals surface area (Å²) in [5, 5.41) is 0. The van der Waals surface area contributed by atoms with E-state index in [1.807, 2.05) is 0 Å². The monoisotopic (exact) mass is 218 g/mol. The van der Waals surface area contributed by atoms with Crippen molar-refractivity contribution in [2.45, 2.75) is 6.92 Å². The molecule has 0 aromatic carbocycles. The van der Waals surface area contributed by atoms with Crippen molar-refractivity contribution in [2.75, 3.05) is 6.61 Å². The summed E-state index contributed by atoms with van der Waals surface area (Å²) in [5.41, 5.74) is 1.11. The smallest absolute Gasteiger partial charge is 0.358 e. The molecule has 5 heteroatoms. The van der Waals surface area contributed by atoms with Crippen molar-refractivity contribution in [1.82, 2.24) is 9.38 Å². The number of carbonyl (C=O) groups is 2. The van der Waals surface area contributed by atoms with E-state index in [1.54, 1.807) is 35.9 Å². The molecule has 2 aromatic rings. The quantitative estimate of drug-likeness (QED) is 0.576. The molecule has 0 aliphatic carbocycles. The third-order valence-electron chi connectivity index (χ3n) is 2.12. The molecule has 5 nitrogen and oxygen atoms in total. The summed E-state index contributed by atoms with van der Waals surface area (Å²) >= 11 is 0. The Kier molecular flexibility index (Phi) is 2.68. The highest BCUT2D eigenvalue weighted by atomic mass is 16.5. The Morgan fingerprint density at radius 1 is 1.62 bits per heavy atom. The Bertz CT molecular complexity index is 545. The minimum atomic E-state index is -0.483. The number of aldehydes is 1. The standard InChI is InChI=1S/C11H10N2O3/c1-2-16-11(15)9-6-13-5-3-4-8(7-14)10(13)12-9/h3-7H,2H2,1H3. The van der Waals surface area contributed by atoms with Gasteiger partial charge in [0, 0.05) is 12.4 Å². The predicted molar refractivity (Wildman–Crippen MR) is 56.5 cm³/mol. The molecular formula is C11H10N2O3. The lowest BCUT2D eigenvalue weighted by molar-refractivity contribution is 0.0520. The van der Waals surface area contributed by atoms with E-state index in [0.717, 1.165) is 0 Å². The molecule has 0 aliphatic rings. The van der Waals surface area contributed by atoms with Gasteiger partial charge in [-0.25, -0.2) is 9.78 Å². The molecular weight excluding hydrogens is 208 g/mol. The second-order valence-electron chi connectivity index (χ2n) is 3.16. The van der Waals surface area contributed by atoms with E-state index in [0.29, 0.717) is 24.1 Å². The molecule has 0 saturated carbocycles. The van der Waals surface area contributed by atoms with Crippen LogP contribution in [0.1, 0.15) is 27.8 Å². The van der Waals surface area contributed by atoms with Gasteiger partial charge in [-0.3, -0.25) is 4.79 Å². The molecule has 0 fully saturated rings. The zero-order chi connectivity index (χ0) is 11.5. The number of carbonyl (C=O) groups excluding carboxylic acids is 2. The van der Waals surface area contributed by atoms with Crippen molar-refractivity contribution in [3.05, 3.63) is 35.8 Å².